The number of nitrogens with zero attached hydrogens (tertiary/aromatic N) is 1. The van der Waals surface area contributed by atoms with E-state index in [0.717, 1.165) is 24.0 Å². The van der Waals surface area contributed by atoms with E-state index in [4.69, 9.17) is 5.73 Å². The number of aryl methyl sites for hydroxylation is 3. The Labute approximate surface area is 109 Å². The van der Waals surface area contributed by atoms with Gasteiger partial charge in [0, 0.05) is 11.8 Å². The first-order valence-corrected chi connectivity index (χ1v) is 6.50. The normalized spacial score (nSPS) is 10.6. The van der Waals surface area contributed by atoms with Gasteiger partial charge in [-0.25, -0.2) is 4.98 Å². The van der Waals surface area contributed by atoms with Crippen LogP contribution in [-0.2, 0) is 12.8 Å². The Hall–Kier alpha value is -1.83. The topological polar surface area (TPSA) is 38.9 Å². The Kier molecular flexibility index (Phi) is 3.66. The highest BCUT2D eigenvalue weighted by Crippen LogP contribution is 2.27. The van der Waals surface area contributed by atoms with Crippen LogP contribution >= 0.6 is 0 Å². The summed E-state index contributed by atoms with van der Waals surface area (Å²) in [7, 11) is 0. The average molecular weight is 240 g/mol. The van der Waals surface area contributed by atoms with E-state index < -0.39 is 0 Å². The van der Waals surface area contributed by atoms with Crippen LogP contribution in [-0.4, -0.2) is 4.98 Å². The second-order valence-electron chi connectivity index (χ2n) is 4.62. The maximum Gasteiger partial charge on any atom is 0.126 e. The summed E-state index contributed by atoms with van der Waals surface area (Å²) in [6.07, 6.45) is 3.96. The molecule has 18 heavy (non-hydrogen) atoms. The highest BCUT2D eigenvalue weighted by molar-refractivity contribution is 5.69. The standard InChI is InChI=1S/C16H20N2/c1-4-12-6-7-13(5-2)15(9-12)14-8-11(3)16(17)18-10-14/h6-10H,4-5H2,1-3H3,(H2,17,18). The van der Waals surface area contributed by atoms with Crippen molar-refractivity contribution in [2.24, 2.45) is 0 Å². The van der Waals surface area contributed by atoms with Gasteiger partial charge in [0.15, 0.2) is 0 Å². The number of nitrogen functional groups attached to an aromatic ring is 1. The molecular formula is C16H20N2. The van der Waals surface area contributed by atoms with E-state index in [-0.39, 0.29) is 0 Å². The number of pyridine rings is 1. The van der Waals surface area contributed by atoms with Crippen LogP contribution in [0, 0.1) is 6.92 Å². The molecule has 0 bridgehead atoms. The second-order valence-corrected chi connectivity index (χ2v) is 4.62. The van der Waals surface area contributed by atoms with Crippen molar-refractivity contribution in [3.05, 3.63) is 47.2 Å². The molecule has 2 heteroatoms. The van der Waals surface area contributed by atoms with Gasteiger partial charge in [0.05, 0.1) is 0 Å². The third-order valence-corrected chi connectivity index (χ3v) is 3.39. The minimum Gasteiger partial charge on any atom is -0.383 e. The van der Waals surface area contributed by atoms with Gasteiger partial charge < -0.3 is 5.73 Å². The maximum absolute atomic E-state index is 5.78. The molecule has 1 aromatic carbocycles. The number of hydrogen-bond acceptors (Lipinski definition) is 2. The SMILES string of the molecule is CCc1ccc(CC)c(-c2cnc(N)c(C)c2)c1. The molecule has 0 fully saturated rings. The van der Waals surface area contributed by atoms with Crippen LogP contribution in [0.15, 0.2) is 30.5 Å². The Morgan fingerprint density at radius 1 is 1.11 bits per heavy atom. The molecule has 2 aromatic rings. The summed E-state index contributed by atoms with van der Waals surface area (Å²) in [6, 6.07) is 8.82. The van der Waals surface area contributed by atoms with Gasteiger partial charge in [-0.15, -0.1) is 0 Å². The minimum absolute atomic E-state index is 0.614. The summed E-state index contributed by atoms with van der Waals surface area (Å²) in [5.41, 5.74) is 12.0. The number of benzene rings is 1. The largest absolute Gasteiger partial charge is 0.383 e. The van der Waals surface area contributed by atoms with E-state index in [1.165, 1.54) is 16.7 Å². The van der Waals surface area contributed by atoms with Crippen molar-refractivity contribution < 1.29 is 0 Å². The Morgan fingerprint density at radius 3 is 2.50 bits per heavy atom. The smallest absolute Gasteiger partial charge is 0.126 e. The molecule has 0 amide bonds. The predicted molar refractivity (Wildman–Crippen MR) is 77.6 cm³/mol. The Bertz CT molecular complexity index is 559. The number of hydrogen-bond donors (Lipinski definition) is 1. The van der Waals surface area contributed by atoms with Gasteiger partial charge in [-0.05, 0) is 48.1 Å². The first-order chi connectivity index (χ1) is 8.65. The highest BCUT2D eigenvalue weighted by atomic mass is 14.8. The lowest BCUT2D eigenvalue weighted by Crippen LogP contribution is -1.96. The summed E-state index contributed by atoms with van der Waals surface area (Å²) < 4.78 is 0. The zero-order valence-corrected chi connectivity index (χ0v) is 11.3. The van der Waals surface area contributed by atoms with Gasteiger partial charge >= 0.3 is 0 Å². The molecule has 0 saturated carbocycles. The van der Waals surface area contributed by atoms with E-state index in [9.17, 15) is 0 Å². The summed E-state index contributed by atoms with van der Waals surface area (Å²) in [6.45, 7) is 6.36. The average Bonchev–Trinajstić information content (AvgIpc) is 2.41. The van der Waals surface area contributed by atoms with Crippen molar-refractivity contribution in [3.8, 4) is 11.1 Å². The number of aromatic nitrogens is 1. The number of anilines is 1. The summed E-state index contributed by atoms with van der Waals surface area (Å²) in [5.74, 6) is 0.614. The van der Waals surface area contributed by atoms with Crippen LogP contribution in [0.2, 0.25) is 0 Å². The molecular weight excluding hydrogens is 220 g/mol. The zero-order valence-electron chi connectivity index (χ0n) is 11.3. The van der Waals surface area contributed by atoms with Gasteiger partial charge in [0.25, 0.3) is 0 Å². The molecule has 0 radical (unpaired) electrons. The molecule has 1 aromatic heterocycles. The van der Waals surface area contributed by atoms with Crippen LogP contribution in [0.3, 0.4) is 0 Å². The quantitative estimate of drug-likeness (QED) is 0.887. The first kappa shape index (κ1) is 12.6. The molecule has 2 N–H and O–H groups in total. The third kappa shape index (κ3) is 2.37. The van der Waals surface area contributed by atoms with E-state index in [1.54, 1.807) is 0 Å². The predicted octanol–water partition coefficient (Wildman–Crippen LogP) is 3.76. The molecule has 0 atom stereocenters. The summed E-state index contributed by atoms with van der Waals surface area (Å²) >= 11 is 0. The zero-order chi connectivity index (χ0) is 13.1. The van der Waals surface area contributed by atoms with Crippen molar-refractivity contribution in [2.45, 2.75) is 33.6 Å². The highest BCUT2D eigenvalue weighted by Gasteiger charge is 2.07. The van der Waals surface area contributed by atoms with E-state index in [1.807, 2.05) is 13.1 Å². The van der Waals surface area contributed by atoms with Gasteiger partial charge in [-0.1, -0.05) is 32.0 Å². The Morgan fingerprint density at radius 2 is 1.89 bits per heavy atom. The second kappa shape index (κ2) is 5.21. The fraction of sp³-hybridized carbons (Fsp3) is 0.312. The lowest BCUT2D eigenvalue weighted by molar-refractivity contribution is 1.10. The first-order valence-electron chi connectivity index (χ1n) is 6.50. The number of nitrogens with two attached hydrogens (primary N) is 1. The van der Waals surface area contributed by atoms with E-state index in [2.05, 4.69) is 43.1 Å². The van der Waals surface area contributed by atoms with Crippen LogP contribution < -0.4 is 5.73 Å². The summed E-state index contributed by atoms with van der Waals surface area (Å²) in [5, 5.41) is 0. The van der Waals surface area contributed by atoms with Crippen molar-refractivity contribution in [1.29, 1.82) is 0 Å². The van der Waals surface area contributed by atoms with Gasteiger partial charge in [0.1, 0.15) is 5.82 Å². The van der Waals surface area contributed by atoms with Crippen molar-refractivity contribution in [3.63, 3.8) is 0 Å². The molecule has 0 aliphatic carbocycles. The Balaban J connectivity index is 2.57. The van der Waals surface area contributed by atoms with E-state index in [0.29, 0.717) is 5.82 Å². The molecule has 0 spiro atoms. The van der Waals surface area contributed by atoms with Crippen molar-refractivity contribution in [2.75, 3.05) is 5.73 Å². The van der Waals surface area contributed by atoms with E-state index >= 15 is 0 Å². The molecule has 0 aliphatic rings. The third-order valence-electron chi connectivity index (χ3n) is 3.39. The summed E-state index contributed by atoms with van der Waals surface area (Å²) in [4.78, 5) is 4.26. The molecule has 0 unspecified atom stereocenters. The van der Waals surface area contributed by atoms with Gasteiger partial charge in [-0.2, -0.15) is 0 Å². The molecule has 2 rings (SSSR count). The minimum atomic E-state index is 0.614. The molecule has 0 saturated heterocycles. The van der Waals surface area contributed by atoms with Crippen molar-refractivity contribution >= 4 is 5.82 Å². The maximum atomic E-state index is 5.78. The van der Waals surface area contributed by atoms with Gasteiger partial charge in [0.2, 0.25) is 0 Å². The van der Waals surface area contributed by atoms with Crippen LogP contribution in [0.5, 0.6) is 0 Å². The van der Waals surface area contributed by atoms with Crippen molar-refractivity contribution in [1.82, 2.24) is 4.98 Å². The van der Waals surface area contributed by atoms with Gasteiger partial charge in [-0.3, -0.25) is 0 Å². The van der Waals surface area contributed by atoms with Crippen LogP contribution in [0.1, 0.15) is 30.5 Å². The van der Waals surface area contributed by atoms with Crippen LogP contribution in [0.4, 0.5) is 5.82 Å². The lowest BCUT2D eigenvalue weighted by atomic mass is 9.95. The van der Waals surface area contributed by atoms with Crippen LogP contribution in [0.25, 0.3) is 11.1 Å². The lowest BCUT2D eigenvalue weighted by Gasteiger charge is -2.11. The monoisotopic (exact) mass is 240 g/mol. The number of rotatable bonds is 3. The molecule has 94 valence electrons. The fourth-order valence-electron chi connectivity index (χ4n) is 2.15. The molecule has 1 heterocycles. The molecule has 0 aliphatic heterocycles. The molecule has 2 nitrogen and oxygen atoms in total. The fourth-order valence-corrected chi connectivity index (χ4v) is 2.15.